The summed E-state index contributed by atoms with van der Waals surface area (Å²) in [5.74, 6) is 0. The van der Waals surface area contributed by atoms with Gasteiger partial charge in [-0.15, -0.1) is 0 Å². The quantitative estimate of drug-likeness (QED) is 0.846. The van der Waals surface area contributed by atoms with Crippen molar-refractivity contribution in [1.82, 2.24) is 0 Å². The Morgan fingerprint density at radius 3 is 2.06 bits per heavy atom. The van der Waals surface area contributed by atoms with Crippen molar-refractivity contribution in [2.45, 2.75) is 25.6 Å². The average Bonchev–Trinajstić information content (AvgIpc) is 2.46. The first-order valence-electron chi connectivity index (χ1n) is 6.21. The van der Waals surface area contributed by atoms with Crippen LogP contribution in [-0.2, 0) is 13.0 Å². The lowest BCUT2D eigenvalue weighted by Crippen LogP contribution is -1.99. The molecular weight excluding hydrogens is 224 g/mol. The predicted molar refractivity (Wildman–Crippen MR) is 72.1 cm³/mol. The van der Waals surface area contributed by atoms with Crippen molar-refractivity contribution >= 4 is 0 Å². The van der Waals surface area contributed by atoms with Crippen molar-refractivity contribution < 1.29 is 10.2 Å². The topological polar surface area (TPSA) is 40.5 Å². The molecule has 0 fully saturated rings. The van der Waals surface area contributed by atoms with Crippen molar-refractivity contribution in [2.24, 2.45) is 0 Å². The molecule has 0 amide bonds. The number of aliphatic hydroxyl groups is 2. The normalized spacial score (nSPS) is 12.3. The van der Waals surface area contributed by atoms with Gasteiger partial charge in [0.05, 0.1) is 12.7 Å². The van der Waals surface area contributed by atoms with Gasteiger partial charge in [0.1, 0.15) is 0 Å². The van der Waals surface area contributed by atoms with Gasteiger partial charge in [0, 0.05) is 0 Å². The molecule has 2 aromatic carbocycles. The second kappa shape index (κ2) is 6.34. The minimum absolute atomic E-state index is 0.0763. The Labute approximate surface area is 108 Å². The monoisotopic (exact) mass is 242 g/mol. The predicted octanol–water partition coefficient (Wildman–Crippen LogP) is 2.85. The zero-order valence-corrected chi connectivity index (χ0v) is 10.3. The summed E-state index contributed by atoms with van der Waals surface area (Å²) in [4.78, 5) is 0. The summed E-state index contributed by atoms with van der Waals surface area (Å²) in [5, 5.41) is 19.0. The zero-order chi connectivity index (χ0) is 12.8. The minimum atomic E-state index is -0.413. The lowest BCUT2D eigenvalue weighted by Gasteiger charge is -2.10. The Bertz CT molecular complexity index is 462. The molecule has 0 radical (unpaired) electrons. The van der Waals surface area contributed by atoms with Crippen LogP contribution in [0.1, 0.15) is 29.2 Å². The van der Waals surface area contributed by atoms with Gasteiger partial charge in [-0.2, -0.15) is 0 Å². The molecular formula is C16H18O2. The van der Waals surface area contributed by atoms with E-state index < -0.39 is 6.10 Å². The highest BCUT2D eigenvalue weighted by Crippen LogP contribution is 2.18. The molecule has 0 spiro atoms. The van der Waals surface area contributed by atoms with Crippen LogP contribution in [0.25, 0.3) is 0 Å². The van der Waals surface area contributed by atoms with Gasteiger partial charge in [0.2, 0.25) is 0 Å². The summed E-state index contributed by atoms with van der Waals surface area (Å²) in [6, 6.07) is 17.6. The van der Waals surface area contributed by atoms with Crippen LogP contribution in [0.2, 0.25) is 0 Å². The molecule has 2 N–H and O–H groups in total. The first kappa shape index (κ1) is 12.8. The standard InChI is InChI=1S/C16H18O2/c17-12-14-8-6-13(7-9-14)10-11-16(18)15-4-2-1-3-5-15/h1-9,16-18H,10-12H2. The van der Waals surface area contributed by atoms with Gasteiger partial charge in [-0.3, -0.25) is 0 Å². The molecule has 2 aromatic rings. The Hall–Kier alpha value is -1.64. The molecule has 0 aliphatic rings. The van der Waals surface area contributed by atoms with E-state index in [4.69, 9.17) is 5.11 Å². The maximum atomic E-state index is 10.0. The van der Waals surface area contributed by atoms with Gasteiger partial charge in [-0.1, -0.05) is 54.6 Å². The van der Waals surface area contributed by atoms with Crippen molar-refractivity contribution in [3.8, 4) is 0 Å². The molecule has 1 atom stereocenters. The molecule has 2 heteroatoms. The van der Waals surface area contributed by atoms with Crippen molar-refractivity contribution in [1.29, 1.82) is 0 Å². The summed E-state index contributed by atoms with van der Waals surface area (Å²) in [6.07, 6.45) is 1.13. The summed E-state index contributed by atoms with van der Waals surface area (Å²) in [7, 11) is 0. The van der Waals surface area contributed by atoms with E-state index in [-0.39, 0.29) is 6.61 Å². The highest BCUT2D eigenvalue weighted by molar-refractivity contribution is 5.23. The third-order valence-corrected chi connectivity index (χ3v) is 3.10. The maximum Gasteiger partial charge on any atom is 0.0793 e. The van der Waals surface area contributed by atoms with E-state index in [0.29, 0.717) is 6.42 Å². The largest absolute Gasteiger partial charge is 0.392 e. The SMILES string of the molecule is OCc1ccc(CCC(O)c2ccccc2)cc1. The van der Waals surface area contributed by atoms with Crippen LogP contribution in [-0.4, -0.2) is 10.2 Å². The van der Waals surface area contributed by atoms with Crippen LogP contribution >= 0.6 is 0 Å². The second-order valence-electron chi connectivity index (χ2n) is 4.44. The van der Waals surface area contributed by atoms with Crippen LogP contribution in [0.5, 0.6) is 0 Å². The fourth-order valence-corrected chi connectivity index (χ4v) is 1.96. The zero-order valence-electron chi connectivity index (χ0n) is 10.3. The lowest BCUT2D eigenvalue weighted by molar-refractivity contribution is 0.168. The Kier molecular flexibility index (Phi) is 4.51. The van der Waals surface area contributed by atoms with E-state index in [9.17, 15) is 5.11 Å². The third kappa shape index (κ3) is 3.42. The first-order chi connectivity index (χ1) is 8.79. The molecule has 2 nitrogen and oxygen atoms in total. The van der Waals surface area contributed by atoms with Crippen molar-refractivity contribution in [2.75, 3.05) is 0 Å². The summed E-state index contributed by atoms with van der Waals surface area (Å²) in [6.45, 7) is 0.0763. The number of hydrogen-bond donors (Lipinski definition) is 2. The highest BCUT2D eigenvalue weighted by Gasteiger charge is 2.06. The van der Waals surface area contributed by atoms with Crippen LogP contribution in [0, 0.1) is 0 Å². The lowest BCUT2D eigenvalue weighted by atomic mass is 10.0. The summed E-state index contributed by atoms with van der Waals surface area (Å²) < 4.78 is 0. The molecule has 0 saturated carbocycles. The molecule has 18 heavy (non-hydrogen) atoms. The van der Waals surface area contributed by atoms with Gasteiger partial charge in [-0.25, -0.2) is 0 Å². The van der Waals surface area contributed by atoms with E-state index in [1.807, 2.05) is 54.6 Å². The molecule has 0 bridgehead atoms. The number of aliphatic hydroxyl groups excluding tert-OH is 2. The third-order valence-electron chi connectivity index (χ3n) is 3.10. The van der Waals surface area contributed by atoms with Crippen molar-refractivity contribution in [3.05, 3.63) is 71.3 Å². The Morgan fingerprint density at radius 1 is 0.833 bits per heavy atom. The molecule has 0 heterocycles. The number of aryl methyl sites for hydroxylation is 1. The fraction of sp³-hybridized carbons (Fsp3) is 0.250. The van der Waals surface area contributed by atoms with Crippen LogP contribution in [0.3, 0.4) is 0 Å². The average molecular weight is 242 g/mol. The molecule has 0 saturated heterocycles. The van der Waals surface area contributed by atoms with Gasteiger partial charge in [0.25, 0.3) is 0 Å². The fourth-order valence-electron chi connectivity index (χ4n) is 1.96. The van der Waals surface area contributed by atoms with Gasteiger partial charge >= 0.3 is 0 Å². The minimum Gasteiger partial charge on any atom is -0.392 e. The maximum absolute atomic E-state index is 10.0. The molecule has 1 unspecified atom stereocenters. The molecule has 0 aromatic heterocycles. The van der Waals surface area contributed by atoms with E-state index in [1.54, 1.807) is 0 Å². The van der Waals surface area contributed by atoms with E-state index in [1.165, 1.54) is 5.56 Å². The number of hydrogen-bond acceptors (Lipinski definition) is 2. The van der Waals surface area contributed by atoms with E-state index in [0.717, 1.165) is 17.5 Å². The van der Waals surface area contributed by atoms with E-state index >= 15 is 0 Å². The highest BCUT2D eigenvalue weighted by atomic mass is 16.3. The van der Waals surface area contributed by atoms with Gasteiger partial charge < -0.3 is 10.2 Å². The second-order valence-corrected chi connectivity index (χ2v) is 4.44. The van der Waals surface area contributed by atoms with Crippen LogP contribution < -0.4 is 0 Å². The first-order valence-corrected chi connectivity index (χ1v) is 6.21. The van der Waals surface area contributed by atoms with E-state index in [2.05, 4.69) is 0 Å². The molecule has 94 valence electrons. The molecule has 0 aliphatic heterocycles. The summed E-state index contributed by atoms with van der Waals surface area (Å²) in [5.41, 5.74) is 3.06. The van der Waals surface area contributed by atoms with Gasteiger partial charge in [0.15, 0.2) is 0 Å². The summed E-state index contributed by atoms with van der Waals surface area (Å²) >= 11 is 0. The van der Waals surface area contributed by atoms with Crippen LogP contribution in [0.15, 0.2) is 54.6 Å². The Balaban J connectivity index is 1.91. The number of benzene rings is 2. The van der Waals surface area contributed by atoms with Crippen LogP contribution in [0.4, 0.5) is 0 Å². The number of rotatable bonds is 5. The van der Waals surface area contributed by atoms with Gasteiger partial charge in [-0.05, 0) is 29.5 Å². The van der Waals surface area contributed by atoms with Crippen molar-refractivity contribution in [3.63, 3.8) is 0 Å². The Morgan fingerprint density at radius 2 is 1.44 bits per heavy atom. The molecule has 2 rings (SSSR count). The molecule has 0 aliphatic carbocycles. The smallest absolute Gasteiger partial charge is 0.0793 e.